The van der Waals surface area contributed by atoms with Crippen molar-refractivity contribution in [1.82, 2.24) is 5.32 Å². The predicted octanol–water partition coefficient (Wildman–Crippen LogP) is 3.48. The van der Waals surface area contributed by atoms with Gasteiger partial charge >= 0.3 is 5.97 Å². The number of Topliss-reactive ketones (excluding diaryl/α,β-unsaturated/α-hetero) is 1. The molecule has 32 heavy (non-hydrogen) atoms. The molecule has 0 radical (unpaired) electrons. The first-order valence-corrected chi connectivity index (χ1v) is 10.6. The van der Waals surface area contributed by atoms with Crippen LogP contribution in [-0.4, -0.2) is 30.8 Å². The molecule has 6 nitrogen and oxygen atoms in total. The van der Waals surface area contributed by atoms with Crippen molar-refractivity contribution in [2.45, 2.75) is 24.9 Å². The second kappa shape index (κ2) is 9.32. The SMILES string of the molecule is COC(=O)C(N)(C(=O)[C@H](C)NC(=O)Cc1cc(F)cc(F)c1)c1cc2cc(Cl)ccc2s1. The molecule has 10 heteroatoms. The Hall–Kier alpha value is -2.88. The zero-order valence-corrected chi connectivity index (χ0v) is 18.7. The maximum absolute atomic E-state index is 13.4. The van der Waals surface area contributed by atoms with Gasteiger partial charge in [0.05, 0.1) is 19.6 Å². The molecule has 1 aromatic heterocycles. The minimum absolute atomic E-state index is 0.0908. The van der Waals surface area contributed by atoms with Crippen LogP contribution in [0.25, 0.3) is 10.1 Å². The van der Waals surface area contributed by atoms with Gasteiger partial charge in [-0.2, -0.15) is 0 Å². The summed E-state index contributed by atoms with van der Waals surface area (Å²) < 4.78 is 32.2. The van der Waals surface area contributed by atoms with Gasteiger partial charge in [0.15, 0.2) is 5.78 Å². The molecule has 2 aromatic carbocycles. The van der Waals surface area contributed by atoms with Crippen LogP contribution in [0.2, 0.25) is 5.02 Å². The van der Waals surface area contributed by atoms with Crippen molar-refractivity contribution in [3.8, 4) is 0 Å². The standard InChI is InChI=1S/C22H19ClF2N2O4S/c1-11(27-19(28)7-12-5-15(24)10-16(25)6-12)20(29)22(26,21(30)31-2)18-9-13-8-14(23)3-4-17(13)32-18/h3-6,8-11H,7,26H2,1-2H3,(H,27,28)/t11-,22?/m0/s1. The lowest BCUT2D eigenvalue weighted by Gasteiger charge is -2.27. The van der Waals surface area contributed by atoms with Gasteiger partial charge in [0.1, 0.15) is 11.6 Å². The number of rotatable bonds is 7. The number of thiophene rings is 1. The third kappa shape index (κ3) is 4.79. The van der Waals surface area contributed by atoms with Crippen LogP contribution in [0.4, 0.5) is 8.78 Å². The van der Waals surface area contributed by atoms with E-state index in [1.54, 1.807) is 24.3 Å². The van der Waals surface area contributed by atoms with Crippen molar-refractivity contribution >= 4 is 50.7 Å². The van der Waals surface area contributed by atoms with Crippen molar-refractivity contribution < 1.29 is 27.9 Å². The number of carbonyl (C=O) groups excluding carboxylic acids is 3. The predicted molar refractivity (Wildman–Crippen MR) is 117 cm³/mol. The Balaban J connectivity index is 1.85. The van der Waals surface area contributed by atoms with Gasteiger partial charge in [0.2, 0.25) is 11.4 Å². The fourth-order valence-corrected chi connectivity index (χ4v) is 4.61. The van der Waals surface area contributed by atoms with E-state index in [0.717, 1.165) is 35.3 Å². The van der Waals surface area contributed by atoms with Crippen molar-refractivity contribution in [3.63, 3.8) is 0 Å². The maximum Gasteiger partial charge on any atom is 0.339 e. The molecule has 3 aromatic rings. The van der Waals surface area contributed by atoms with Crippen LogP contribution < -0.4 is 11.1 Å². The van der Waals surface area contributed by atoms with Crippen molar-refractivity contribution in [1.29, 1.82) is 0 Å². The monoisotopic (exact) mass is 480 g/mol. The molecule has 1 amide bonds. The fraction of sp³-hybridized carbons (Fsp3) is 0.227. The zero-order chi connectivity index (χ0) is 23.6. The molecule has 3 rings (SSSR count). The van der Waals surface area contributed by atoms with Gasteiger partial charge in [-0.15, -0.1) is 11.3 Å². The molecule has 0 spiro atoms. The molecule has 0 bridgehead atoms. The van der Waals surface area contributed by atoms with E-state index < -0.39 is 40.9 Å². The Bertz CT molecular complexity index is 1200. The first kappa shape index (κ1) is 23.8. The molecule has 1 unspecified atom stereocenters. The van der Waals surface area contributed by atoms with Gasteiger partial charge in [-0.3, -0.25) is 9.59 Å². The quantitative estimate of drug-likeness (QED) is 0.398. The van der Waals surface area contributed by atoms with E-state index in [-0.39, 0.29) is 16.9 Å². The van der Waals surface area contributed by atoms with Gasteiger partial charge in [-0.05, 0) is 54.3 Å². The highest BCUT2D eigenvalue weighted by molar-refractivity contribution is 7.19. The Morgan fingerprint density at radius 2 is 1.81 bits per heavy atom. The number of nitrogens with two attached hydrogens (primary N) is 1. The third-order valence-electron chi connectivity index (χ3n) is 4.82. The number of hydrogen-bond donors (Lipinski definition) is 2. The van der Waals surface area contributed by atoms with Crippen LogP contribution in [-0.2, 0) is 31.1 Å². The lowest BCUT2D eigenvalue weighted by molar-refractivity contribution is -0.152. The van der Waals surface area contributed by atoms with Crippen LogP contribution in [0.1, 0.15) is 17.4 Å². The average molecular weight is 481 g/mol. The summed E-state index contributed by atoms with van der Waals surface area (Å²) >= 11 is 7.13. The summed E-state index contributed by atoms with van der Waals surface area (Å²) in [5, 5.41) is 3.59. The molecule has 1 heterocycles. The Labute approximate surface area is 191 Å². The molecule has 3 N–H and O–H groups in total. The number of benzene rings is 2. The molecular weight excluding hydrogens is 462 g/mol. The third-order valence-corrected chi connectivity index (χ3v) is 6.31. The molecule has 0 aliphatic heterocycles. The van der Waals surface area contributed by atoms with Crippen molar-refractivity contribution in [3.05, 3.63) is 69.6 Å². The van der Waals surface area contributed by atoms with Crippen LogP contribution in [0.15, 0.2) is 42.5 Å². The second-order valence-corrected chi connectivity index (χ2v) is 8.72. The van der Waals surface area contributed by atoms with Crippen LogP contribution in [0, 0.1) is 11.6 Å². The van der Waals surface area contributed by atoms with Gasteiger partial charge in [0, 0.05) is 20.7 Å². The number of hydrogen-bond acceptors (Lipinski definition) is 6. The molecule has 0 aliphatic carbocycles. The Morgan fingerprint density at radius 3 is 2.44 bits per heavy atom. The highest BCUT2D eigenvalue weighted by Crippen LogP contribution is 2.35. The normalized spacial score (nSPS) is 13.9. The number of nitrogens with one attached hydrogen (secondary N) is 1. The van der Waals surface area contributed by atoms with Crippen molar-refractivity contribution in [2.75, 3.05) is 7.11 Å². The van der Waals surface area contributed by atoms with Crippen LogP contribution >= 0.6 is 22.9 Å². The summed E-state index contributed by atoms with van der Waals surface area (Å²) in [7, 11) is 1.10. The molecule has 168 valence electrons. The number of ketones is 1. The summed E-state index contributed by atoms with van der Waals surface area (Å²) in [4.78, 5) is 38.4. The van der Waals surface area contributed by atoms with E-state index in [1.807, 2.05) is 0 Å². The van der Waals surface area contributed by atoms with E-state index in [9.17, 15) is 23.2 Å². The van der Waals surface area contributed by atoms with E-state index in [0.29, 0.717) is 16.5 Å². The highest BCUT2D eigenvalue weighted by atomic mass is 35.5. The zero-order valence-electron chi connectivity index (χ0n) is 17.1. The Morgan fingerprint density at radius 1 is 1.16 bits per heavy atom. The summed E-state index contributed by atoms with van der Waals surface area (Å²) in [5.74, 6) is -4.12. The number of methoxy groups -OCH3 is 1. The summed E-state index contributed by atoms with van der Waals surface area (Å²) in [5.41, 5.74) is 4.20. The molecule has 0 saturated heterocycles. The molecule has 0 fully saturated rings. The first-order valence-electron chi connectivity index (χ1n) is 9.40. The number of amides is 1. The van der Waals surface area contributed by atoms with E-state index >= 15 is 0 Å². The Kier molecular flexibility index (Phi) is 6.92. The van der Waals surface area contributed by atoms with E-state index in [1.165, 1.54) is 6.92 Å². The van der Waals surface area contributed by atoms with Gasteiger partial charge in [0.25, 0.3) is 0 Å². The lowest BCUT2D eigenvalue weighted by atomic mass is 9.88. The number of ether oxygens (including phenoxy) is 1. The minimum Gasteiger partial charge on any atom is -0.467 e. The number of esters is 1. The first-order chi connectivity index (χ1) is 15.0. The number of fused-ring (bicyclic) bond motifs is 1. The smallest absolute Gasteiger partial charge is 0.339 e. The number of halogens is 3. The largest absolute Gasteiger partial charge is 0.467 e. The minimum atomic E-state index is -2.18. The second-order valence-electron chi connectivity index (χ2n) is 7.20. The van der Waals surface area contributed by atoms with E-state index in [4.69, 9.17) is 22.1 Å². The van der Waals surface area contributed by atoms with Crippen LogP contribution in [0.3, 0.4) is 0 Å². The van der Waals surface area contributed by atoms with Gasteiger partial charge < -0.3 is 15.8 Å². The summed E-state index contributed by atoms with van der Waals surface area (Å²) in [6.45, 7) is 1.36. The van der Waals surface area contributed by atoms with Gasteiger partial charge in [-0.25, -0.2) is 13.6 Å². The highest BCUT2D eigenvalue weighted by Gasteiger charge is 2.48. The van der Waals surface area contributed by atoms with Crippen molar-refractivity contribution in [2.24, 2.45) is 5.73 Å². The topological polar surface area (TPSA) is 98.5 Å². The summed E-state index contributed by atoms with van der Waals surface area (Å²) in [6, 6.07) is 8.16. The average Bonchev–Trinajstić information content (AvgIpc) is 3.14. The number of carbonyl (C=O) groups is 3. The molecule has 0 aliphatic rings. The maximum atomic E-state index is 13.4. The molecule has 2 atom stereocenters. The lowest BCUT2D eigenvalue weighted by Crippen LogP contribution is -2.58. The van der Waals surface area contributed by atoms with Crippen LogP contribution in [0.5, 0.6) is 0 Å². The van der Waals surface area contributed by atoms with Gasteiger partial charge in [-0.1, -0.05) is 11.6 Å². The summed E-state index contributed by atoms with van der Waals surface area (Å²) in [6.07, 6.45) is -0.372. The molecule has 0 saturated carbocycles. The fourth-order valence-electron chi connectivity index (χ4n) is 3.29. The van der Waals surface area contributed by atoms with E-state index in [2.05, 4.69) is 5.32 Å². The molecular formula is C22H19ClF2N2O4S.